The van der Waals surface area contributed by atoms with Crippen LogP contribution in [0.25, 0.3) is 0 Å². The average molecular weight is 293 g/mol. The highest BCUT2D eigenvalue weighted by atomic mass is 16.6. The average Bonchev–Trinajstić information content (AvgIpc) is 2.98. The summed E-state index contributed by atoms with van der Waals surface area (Å²) >= 11 is 0. The minimum Gasteiger partial charge on any atom is -0.468 e. The number of aryl methyl sites for hydroxylation is 2. The molecular weight excluding hydrogens is 274 g/mol. The number of nitro groups is 1. The van der Waals surface area contributed by atoms with Gasteiger partial charge in [-0.2, -0.15) is 5.10 Å². The van der Waals surface area contributed by atoms with Crippen molar-refractivity contribution < 1.29 is 9.34 Å². The van der Waals surface area contributed by atoms with E-state index in [-0.39, 0.29) is 11.7 Å². The molecule has 8 heteroatoms. The Morgan fingerprint density at radius 2 is 2.29 bits per heavy atom. The number of aromatic nitrogens is 2. The van der Waals surface area contributed by atoms with Crippen LogP contribution in [0.4, 0.5) is 11.5 Å². The lowest BCUT2D eigenvalue weighted by Crippen LogP contribution is -2.27. The molecule has 0 spiro atoms. The molecule has 2 aromatic heterocycles. The largest absolute Gasteiger partial charge is 0.468 e. The maximum Gasteiger partial charge on any atom is 0.333 e. The molecule has 0 bridgehead atoms. The fourth-order valence-corrected chi connectivity index (χ4v) is 2.28. The van der Waals surface area contributed by atoms with Crippen LogP contribution in [-0.2, 0) is 7.05 Å². The van der Waals surface area contributed by atoms with Crippen molar-refractivity contribution in [2.45, 2.75) is 13.0 Å². The Kier molecular flexibility index (Phi) is 4.27. The molecule has 0 aliphatic carbocycles. The van der Waals surface area contributed by atoms with Crippen LogP contribution in [-0.4, -0.2) is 40.2 Å². The van der Waals surface area contributed by atoms with Gasteiger partial charge in [-0.15, -0.1) is 0 Å². The topological polar surface area (TPSA) is 89.4 Å². The lowest BCUT2D eigenvalue weighted by Gasteiger charge is -2.22. The number of nitrogens with zero attached hydrogens (tertiary/aromatic N) is 4. The van der Waals surface area contributed by atoms with Crippen LogP contribution in [0.1, 0.15) is 17.5 Å². The van der Waals surface area contributed by atoms with Crippen LogP contribution in [0.3, 0.4) is 0 Å². The third-order valence-corrected chi connectivity index (χ3v) is 3.33. The minimum absolute atomic E-state index is 0.00875. The van der Waals surface area contributed by atoms with Crippen molar-refractivity contribution in [3.8, 4) is 0 Å². The van der Waals surface area contributed by atoms with E-state index in [1.54, 1.807) is 20.2 Å². The van der Waals surface area contributed by atoms with Crippen molar-refractivity contribution >= 4 is 11.5 Å². The smallest absolute Gasteiger partial charge is 0.333 e. The molecule has 0 aliphatic heterocycles. The van der Waals surface area contributed by atoms with Crippen LogP contribution in [0.2, 0.25) is 0 Å². The number of furan rings is 1. The molecule has 0 saturated heterocycles. The summed E-state index contributed by atoms with van der Waals surface area (Å²) in [6, 6.07) is 3.67. The summed E-state index contributed by atoms with van der Waals surface area (Å²) in [5, 5.41) is 18.4. The quantitative estimate of drug-likeness (QED) is 0.646. The van der Waals surface area contributed by atoms with Gasteiger partial charge in [-0.3, -0.25) is 15.0 Å². The third kappa shape index (κ3) is 3.05. The van der Waals surface area contributed by atoms with E-state index in [1.807, 2.05) is 31.1 Å². The Labute approximate surface area is 122 Å². The zero-order chi connectivity index (χ0) is 15.6. The maximum atomic E-state index is 11.1. The molecule has 0 aliphatic rings. The monoisotopic (exact) mass is 293 g/mol. The Morgan fingerprint density at radius 3 is 2.81 bits per heavy atom. The van der Waals surface area contributed by atoms with Crippen LogP contribution in [0, 0.1) is 17.0 Å². The van der Waals surface area contributed by atoms with E-state index in [0.29, 0.717) is 18.1 Å². The van der Waals surface area contributed by atoms with Gasteiger partial charge in [-0.1, -0.05) is 0 Å². The molecule has 2 aromatic rings. The predicted octanol–water partition coefficient (Wildman–Crippen LogP) is 1.94. The van der Waals surface area contributed by atoms with Crippen molar-refractivity contribution in [1.29, 1.82) is 0 Å². The molecule has 8 nitrogen and oxygen atoms in total. The fraction of sp³-hybridized carbons (Fsp3) is 0.462. The van der Waals surface area contributed by atoms with E-state index in [9.17, 15) is 10.1 Å². The first-order valence-corrected chi connectivity index (χ1v) is 6.53. The highest BCUT2D eigenvalue weighted by Crippen LogP contribution is 2.28. The summed E-state index contributed by atoms with van der Waals surface area (Å²) in [5.41, 5.74) is 0.402. The first-order valence-electron chi connectivity index (χ1n) is 6.53. The van der Waals surface area contributed by atoms with Crippen molar-refractivity contribution in [1.82, 2.24) is 14.7 Å². The molecule has 0 saturated carbocycles. The Balaban J connectivity index is 2.21. The van der Waals surface area contributed by atoms with E-state index in [4.69, 9.17) is 4.42 Å². The van der Waals surface area contributed by atoms with Gasteiger partial charge in [0.15, 0.2) is 0 Å². The number of anilines is 1. The number of likely N-dealkylation sites (N-methyl/N-ethyl adjacent to an activating group) is 1. The highest BCUT2D eigenvalue weighted by molar-refractivity contribution is 5.59. The molecular formula is C13H19N5O3. The molecule has 0 amide bonds. The summed E-state index contributed by atoms with van der Waals surface area (Å²) in [5.74, 6) is 1.20. The molecule has 114 valence electrons. The normalized spacial score (nSPS) is 12.6. The lowest BCUT2D eigenvalue weighted by molar-refractivity contribution is -0.384. The molecule has 21 heavy (non-hydrogen) atoms. The van der Waals surface area contributed by atoms with Crippen molar-refractivity contribution in [2.24, 2.45) is 7.05 Å². The van der Waals surface area contributed by atoms with Gasteiger partial charge >= 0.3 is 5.69 Å². The molecule has 1 N–H and O–H groups in total. The second-order valence-corrected chi connectivity index (χ2v) is 5.04. The lowest BCUT2D eigenvalue weighted by atomic mass is 10.2. The summed E-state index contributed by atoms with van der Waals surface area (Å²) in [4.78, 5) is 12.7. The highest BCUT2D eigenvalue weighted by Gasteiger charge is 2.25. The van der Waals surface area contributed by atoms with Crippen LogP contribution in [0.15, 0.2) is 22.8 Å². The van der Waals surface area contributed by atoms with E-state index in [0.717, 1.165) is 5.76 Å². The standard InChI is InChI=1S/C13H19N5O3/c1-9-12(18(19)20)13(17(4)15-9)14-8-10(16(2)3)11-6-5-7-21-11/h5-7,10,14H,8H2,1-4H3. The van der Waals surface area contributed by atoms with E-state index < -0.39 is 4.92 Å². The fourth-order valence-electron chi connectivity index (χ4n) is 2.28. The third-order valence-electron chi connectivity index (χ3n) is 3.33. The number of hydrogen-bond donors (Lipinski definition) is 1. The van der Waals surface area contributed by atoms with E-state index in [1.165, 1.54) is 4.68 Å². The molecule has 0 aromatic carbocycles. The summed E-state index contributed by atoms with van der Waals surface area (Å²) < 4.78 is 6.91. The van der Waals surface area contributed by atoms with Crippen molar-refractivity contribution in [3.05, 3.63) is 40.0 Å². The number of rotatable bonds is 6. The van der Waals surface area contributed by atoms with Crippen LogP contribution >= 0.6 is 0 Å². The second-order valence-electron chi connectivity index (χ2n) is 5.04. The van der Waals surface area contributed by atoms with Gasteiger partial charge in [0.1, 0.15) is 11.5 Å². The molecule has 2 heterocycles. The Morgan fingerprint density at radius 1 is 1.57 bits per heavy atom. The first-order chi connectivity index (χ1) is 9.91. The zero-order valence-corrected chi connectivity index (χ0v) is 12.5. The first kappa shape index (κ1) is 15.0. The van der Waals surface area contributed by atoms with Gasteiger partial charge in [-0.25, -0.2) is 4.68 Å². The van der Waals surface area contributed by atoms with Gasteiger partial charge in [-0.05, 0) is 33.2 Å². The van der Waals surface area contributed by atoms with E-state index in [2.05, 4.69) is 10.4 Å². The number of nitrogens with one attached hydrogen (secondary N) is 1. The Bertz CT molecular complexity index is 618. The van der Waals surface area contributed by atoms with Gasteiger partial charge in [0.2, 0.25) is 5.82 Å². The van der Waals surface area contributed by atoms with Gasteiger partial charge in [0.25, 0.3) is 0 Å². The van der Waals surface area contributed by atoms with Crippen molar-refractivity contribution in [2.75, 3.05) is 26.0 Å². The van der Waals surface area contributed by atoms with Gasteiger partial charge in [0, 0.05) is 13.6 Å². The summed E-state index contributed by atoms with van der Waals surface area (Å²) in [7, 11) is 5.54. The molecule has 2 rings (SSSR count). The zero-order valence-electron chi connectivity index (χ0n) is 12.5. The van der Waals surface area contributed by atoms with Crippen LogP contribution in [0.5, 0.6) is 0 Å². The van der Waals surface area contributed by atoms with Gasteiger partial charge < -0.3 is 9.73 Å². The van der Waals surface area contributed by atoms with Crippen LogP contribution < -0.4 is 5.32 Å². The minimum atomic E-state index is -0.414. The number of hydrogen-bond acceptors (Lipinski definition) is 6. The predicted molar refractivity (Wildman–Crippen MR) is 78.2 cm³/mol. The summed E-state index contributed by atoms with van der Waals surface area (Å²) in [6.45, 7) is 2.10. The second kappa shape index (κ2) is 5.96. The van der Waals surface area contributed by atoms with E-state index >= 15 is 0 Å². The SMILES string of the molecule is Cc1nn(C)c(NCC(c2ccco2)N(C)C)c1[N+](=O)[O-]. The maximum absolute atomic E-state index is 11.1. The molecule has 1 atom stereocenters. The molecule has 0 fully saturated rings. The molecule has 1 unspecified atom stereocenters. The van der Waals surface area contributed by atoms with Crippen molar-refractivity contribution in [3.63, 3.8) is 0 Å². The Hall–Kier alpha value is -2.35. The van der Waals surface area contributed by atoms with Gasteiger partial charge in [0.05, 0.1) is 17.2 Å². The molecule has 0 radical (unpaired) electrons. The summed E-state index contributed by atoms with van der Waals surface area (Å²) in [6.07, 6.45) is 1.61.